The van der Waals surface area contributed by atoms with E-state index in [0.717, 1.165) is 27.9 Å². The van der Waals surface area contributed by atoms with E-state index >= 15 is 0 Å². The fourth-order valence-corrected chi connectivity index (χ4v) is 2.91. The molecular weight excluding hydrogens is 331 g/mol. The van der Waals surface area contributed by atoms with Crippen molar-refractivity contribution in [3.63, 3.8) is 0 Å². The summed E-state index contributed by atoms with van der Waals surface area (Å²) in [5.74, 6) is 0.383. The van der Waals surface area contributed by atoms with E-state index in [4.69, 9.17) is 4.74 Å². The third-order valence-corrected chi connectivity index (χ3v) is 4.25. The predicted molar refractivity (Wildman–Crippen MR) is 102 cm³/mol. The van der Waals surface area contributed by atoms with Crippen LogP contribution in [0, 0.1) is 12.7 Å². The quantitative estimate of drug-likeness (QED) is 0.683. The molecule has 0 aliphatic carbocycles. The molecule has 0 saturated heterocycles. The molecule has 4 nitrogen and oxygen atoms in total. The fourth-order valence-electron chi connectivity index (χ4n) is 2.91. The highest BCUT2D eigenvalue weighted by atomic mass is 19.1. The first-order valence-corrected chi connectivity index (χ1v) is 8.42. The Morgan fingerprint density at radius 1 is 1.19 bits per heavy atom. The summed E-state index contributed by atoms with van der Waals surface area (Å²) in [7, 11) is 1.62. The first kappa shape index (κ1) is 17.7. The van der Waals surface area contributed by atoms with Crippen LogP contribution in [0.4, 0.5) is 4.39 Å². The van der Waals surface area contributed by atoms with Crippen LogP contribution in [0.1, 0.15) is 11.3 Å². The van der Waals surface area contributed by atoms with E-state index in [1.165, 1.54) is 18.2 Å². The number of hydrogen-bond acceptors (Lipinski definition) is 2. The van der Waals surface area contributed by atoms with Gasteiger partial charge in [-0.3, -0.25) is 4.79 Å². The number of carbonyl (C=O) groups is 1. The average molecular weight is 352 g/mol. The summed E-state index contributed by atoms with van der Waals surface area (Å²) in [6.07, 6.45) is 3.27. The van der Waals surface area contributed by atoms with Crippen molar-refractivity contribution >= 4 is 22.9 Å². The minimum atomic E-state index is -0.244. The molecule has 134 valence electrons. The maximum Gasteiger partial charge on any atom is 0.244 e. The van der Waals surface area contributed by atoms with E-state index in [1.54, 1.807) is 19.3 Å². The molecule has 5 heteroatoms. The first-order chi connectivity index (χ1) is 12.6. The highest BCUT2D eigenvalue weighted by Gasteiger charge is 2.06. The van der Waals surface area contributed by atoms with Gasteiger partial charge in [0, 0.05) is 35.8 Å². The van der Waals surface area contributed by atoms with Gasteiger partial charge in [0.15, 0.2) is 0 Å². The standard InChI is InChI=1S/C21H21FN2O2/c1-15-13-17-14-18(22)6-9-20(17)24(15)12-11-23-21(25)10-5-16-3-7-19(26-2)8-4-16/h3-10,13-14H,11-12H2,1-2H3,(H,23,25)/b10-5+. The summed E-state index contributed by atoms with van der Waals surface area (Å²) < 4.78 is 20.5. The van der Waals surface area contributed by atoms with Crippen LogP contribution >= 0.6 is 0 Å². The molecule has 0 aliphatic heterocycles. The minimum absolute atomic E-state index is 0.152. The molecular formula is C21H21FN2O2. The first-order valence-electron chi connectivity index (χ1n) is 8.42. The Kier molecular flexibility index (Phi) is 5.37. The van der Waals surface area contributed by atoms with Gasteiger partial charge in [-0.2, -0.15) is 0 Å². The maximum atomic E-state index is 13.3. The lowest BCUT2D eigenvalue weighted by Gasteiger charge is -2.08. The fraction of sp³-hybridized carbons (Fsp3) is 0.190. The SMILES string of the molecule is COc1ccc(/C=C/C(=O)NCCn2c(C)cc3cc(F)ccc32)cc1. The van der Waals surface area contributed by atoms with Crippen molar-refractivity contribution in [2.24, 2.45) is 0 Å². The van der Waals surface area contributed by atoms with Gasteiger partial charge in [-0.05, 0) is 55.0 Å². The molecule has 0 radical (unpaired) electrons. The topological polar surface area (TPSA) is 43.3 Å². The zero-order valence-corrected chi connectivity index (χ0v) is 14.8. The molecule has 0 bridgehead atoms. The number of aromatic nitrogens is 1. The number of aryl methyl sites for hydroxylation is 1. The highest BCUT2D eigenvalue weighted by molar-refractivity contribution is 5.91. The van der Waals surface area contributed by atoms with Crippen LogP contribution in [0.25, 0.3) is 17.0 Å². The van der Waals surface area contributed by atoms with Crippen LogP contribution in [0.2, 0.25) is 0 Å². The maximum absolute atomic E-state index is 13.3. The van der Waals surface area contributed by atoms with E-state index in [2.05, 4.69) is 9.88 Å². The molecule has 0 spiro atoms. The van der Waals surface area contributed by atoms with E-state index < -0.39 is 0 Å². The molecule has 1 heterocycles. The Labute approximate surface area is 151 Å². The number of hydrogen-bond donors (Lipinski definition) is 1. The number of fused-ring (bicyclic) bond motifs is 1. The van der Waals surface area contributed by atoms with Gasteiger partial charge in [0.1, 0.15) is 11.6 Å². The minimum Gasteiger partial charge on any atom is -0.497 e. The lowest BCUT2D eigenvalue weighted by Crippen LogP contribution is -2.25. The van der Waals surface area contributed by atoms with E-state index in [-0.39, 0.29) is 11.7 Å². The van der Waals surface area contributed by atoms with Crippen LogP contribution in [-0.2, 0) is 11.3 Å². The highest BCUT2D eigenvalue weighted by Crippen LogP contribution is 2.20. The Hall–Kier alpha value is -3.08. The second-order valence-electron chi connectivity index (χ2n) is 6.04. The van der Waals surface area contributed by atoms with E-state index in [0.29, 0.717) is 13.1 Å². The van der Waals surface area contributed by atoms with Crippen molar-refractivity contribution in [2.45, 2.75) is 13.5 Å². The molecule has 3 aromatic rings. The van der Waals surface area contributed by atoms with E-state index in [1.807, 2.05) is 37.3 Å². The third-order valence-electron chi connectivity index (χ3n) is 4.25. The molecule has 2 aromatic carbocycles. The normalized spacial score (nSPS) is 11.2. The molecule has 1 N–H and O–H groups in total. The van der Waals surface area contributed by atoms with Gasteiger partial charge in [-0.1, -0.05) is 12.1 Å². The Bertz CT molecular complexity index is 943. The number of ether oxygens (including phenoxy) is 1. The smallest absolute Gasteiger partial charge is 0.244 e. The van der Waals surface area contributed by atoms with Gasteiger partial charge in [0.2, 0.25) is 5.91 Å². The molecule has 3 rings (SSSR count). The molecule has 0 aliphatic rings. The Balaban J connectivity index is 1.56. The van der Waals surface area contributed by atoms with Crippen molar-refractivity contribution in [3.8, 4) is 5.75 Å². The van der Waals surface area contributed by atoms with Crippen LogP contribution in [0.3, 0.4) is 0 Å². The van der Waals surface area contributed by atoms with Gasteiger partial charge in [0.25, 0.3) is 0 Å². The lowest BCUT2D eigenvalue weighted by atomic mass is 10.2. The average Bonchev–Trinajstić information content (AvgIpc) is 2.95. The van der Waals surface area contributed by atoms with Gasteiger partial charge >= 0.3 is 0 Å². The van der Waals surface area contributed by atoms with Crippen LogP contribution < -0.4 is 10.1 Å². The number of rotatable bonds is 6. The summed E-state index contributed by atoms with van der Waals surface area (Å²) >= 11 is 0. The van der Waals surface area contributed by atoms with Gasteiger partial charge < -0.3 is 14.6 Å². The Morgan fingerprint density at radius 3 is 2.69 bits per heavy atom. The molecule has 0 unspecified atom stereocenters. The zero-order chi connectivity index (χ0) is 18.5. The molecule has 1 amide bonds. The third kappa shape index (κ3) is 4.11. The number of nitrogens with one attached hydrogen (secondary N) is 1. The molecule has 0 saturated carbocycles. The van der Waals surface area contributed by atoms with Crippen LogP contribution in [0.5, 0.6) is 5.75 Å². The summed E-state index contributed by atoms with van der Waals surface area (Å²) in [5, 5.41) is 3.74. The number of halogens is 1. The monoisotopic (exact) mass is 352 g/mol. The molecule has 1 aromatic heterocycles. The van der Waals surface area contributed by atoms with Crippen LogP contribution in [-0.4, -0.2) is 24.1 Å². The van der Waals surface area contributed by atoms with Crippen molar-refractivity contribution in [2.75, 3.05) is 13.7 Å². The lowest BCUT2D eigenvalue weighted by molar-refractivity contribution is -0.116. The van der Waals surface area contributed by atoms with Crippen LogP contribution in [0.15, 0.2) is 54.6 Å². The number of amides is 1. The Morgan fingerprint density at radius 2 is 1.96 bits per heavy atom. The van der Waals surface area contributed by atoms with Gasteiger partial charge in [-0.15, -0.1) is 0 Å². The zero-order valence-electron chi connectivity index (χ0n) is 14.8. The number of nitrogens with zero attached hydrogens (tertiary/aromatic N) is 1. The molecule has 26 heavy (non-hydrogen) atoms. The van der Waals surface area contributed by atoms with Gasteiger partial charge in [0.05, 0.1) is 7.11 Å². The summed E-state index contributed by atoms with van der Waals surface area (Å²) in [6.45, 7) is 3.10. The van der Waals surface area contributed by atoms with Crippen molar-refractivity contribution in [1.29, 1.82) is 0 Å². The van der Waals surface area contributed by atoms with Crippen molar-refractivity contribution in [1.82, 2.24) is 9.88 Å². The van der Waals surface area contributed by atoms with Crippen molar-refractivity contribution < 1.29 is 13.9 Å². The van der Waals surface area contributed by atoms with Gasteiger partial charge in [-0.25, -0.2) is 4.39 Å². The molecule has 0 fully saturated rings. The summed E-state index contributed by atoms with van der Waals surface area (Å²) in [5.41, 5.74) is 2.93. The second kappa shape index (κ2) is 7.87. The number of benzene rings is 2. The molecule has 0 atom stereocenters. The van der Waals surface area contributed by atoms with E-state index in [9.17, 15) is 9.18 Å². The number of carbonyl (C=O) groups excluding carboxylic acids is 1. The number of methoxy groups -OCH3 is 1. The largest absolute Gasteiger partial charge is 0.497 e. The second-order valence-corrected chi connectivity index (χ2v) is 6.04. The van der Waals surface area contributed by atoms with Crippen molar-refractivity contribution in [3.05, 3.63) is 71.7 Å². The summed E-state index contributed by atoms with van der Waals surface area (Å²) in [6, 6.07) is 14.2. The predicted octanol–water partition coefficient (Wildman–Crippen LogP) is 3.93. The summed E-state index contributed by atoms with van der Waals surface area (Å²) in [4.78, 5) is 12.0.